The van der Waals surface area contributed by atoms with E-state index < -0.39 is 30.0 Å². The summed E-state index contributed by atoms with van der Waals surface area (Å²) >= 11 is 0. The minimum atomic E-state index is -2.08. The summed E-state index contributed by atoms with van der Waals surface area (Å²) in [4.78, 5) is 47.9. The van der Waals surface area contributed by atoms with Crippen molar-refractivity contribution in [1.82, 2.24) is 5.32 Å². The molecule has 11 heteroatoms. The molecule has 0 aliphatic carbocycles. The highest BCUT2D eigenvalue weighted by Gasteiger charge is 2.43. The quantitative estimate of drug-likeness (QED) is 0.125. The smallest absolute Gasteiger partial charge is 0.477 e. The Kier molecular flexibility index (Phi) is 12.6. The molecule has 0 saturated carbocycles. The Morgan fingerprint density at radius 1 is 0.943 bits per heavy atom. The predicted molar refractivity (Wildman–Crippen MR) is 124 cm³/mol. The van der Waals surface area contributed by atoms with Crippen LogP contribution in [0, 0.1) is 0 Å². The van der Waals surface area contributed by atoms with Crippen LogP contribution in [0.15, 0.2) is 18.2 Å². The zero-order valence-corrected chi connectivity index (χ0v) is 20.9. The molecule has 1 aromatic rings. The highest BCUT2D eigenvalue weighted by Crippen LogP contribution is 2.31. The number of aliphatic carboxylic acids is 1. The minimum Gasteiger partial charge on any atom is -0.477 e. The molecule has 1 aromatic carbocycles. The van der Waals surface area contributed by atoms with Crippen LogP contribution < -0.4 is 14.8 Å². The lowest BCUT2D eigenvalue weighted by molar-refractivity contribution is -0.182. The molecule has 0 radical (unpaired) electrons. The summed E-state index contributed by atoms with van der Waals surface area (Å²) in [7, 11) is 0. The van der Waals surface area contributed by atoms with Crippen LogP contribution in [0.3, 0.4) is 0 Å². The SMILES string of the molecule is CCCCOC(=O)Oc1ccc(C[C@](NC(C)C)(OC(C)=O)C(=O)O)cc1OC(=O)OCCCC. The Bertz CT molecular complexity index is 870. The maximum absolute atomic E-state index is 12.1. The maximum atomic E-state index is 12.1. The zero-order chi connectivity index (χ0) is 26.4. The highest BCUT2D eigenvalue weighted by atomic mass is 16.7. The van der Waals surface area contributed by atoms with Crippen LogP contribution in [0.1, 0.15) is 65.9 Å². The van der Waals surface area contributed by atoms with Gasteiger partial charge in [0.15, 0.2) is 11.5 Å². The Hall–Kier alpha value is -3.34. The molecular formula is C24H35NO10. The molecule has 0 aliphatic heterocycles. The number of carbonyl (C=O) groups excluding carboxylic acids is 3. The van der Waals surface area contributed by atoms with Gasteiger partial charge in [-0.3, -0.25) is 10.1 Å². The van der Waals surface area contributed by atoms with Gasteiger partial charge in [-0.2, -0.15) is 0 Å². The van der Waals surface area contributed by atoms with E-state index in [9.17, 15) is 24.3 Å². The van der Waals surface area contributed by atoms with Crippen LogP contribution >= 0.6 is 0 Å². The number of hydrogen-bond acceptors (Lipinski definition) is 10. The number of carboxylic acid groups (broad SMARTS) is 1. The third-order valence-corrected chi connectivity index (χ3v) is 4.47. The summed E-state index contributed by atoms with van der Waals surface area (Å²) < 4.78 is 25.5. The lowest BCUT2D eigenvalue weighted by atomic mass is 10.0. The number of ether oxygens (including phenoxy) is 5. The number of carbonyl (C=O) groups is 4. The number of esters is 1. The topological polar surface area (TPSA) is 147 Å². The van der Waals surface area contributed by atoms with Crippen molar-refractivity contribution in [2.45, 2.75) is 78.5 Å². The third-order valence-electron chi connectivity index (χ3n) is 4.47. The summed E-state index contributed by atoms with van der Waals surface area (Å²) in [6.07, 6.45) is 0.572. The first-order valence-electron chi connectivity index (χ1n) is 11.6. The van der Waals surface area contributed by atoms with Crippen molar-refractivity contribution in [2.75, 3.05) is 13.2 Å². The normalized spacial score (nSPS) is 12.4. The van der Waals surface area contributed by atoms with Gasteiger partial charge in [0.25, 0.3) is 5.72 Å². The van der Waals surface area contributed by atoms with Gasteiger partial charge in [0, 0.05) is 19.4 Å². The van der Waals surface area contributed by atoms with E-state index in [-0.39, 0.29) is 37.2 Å². The molecule has 0 aromatic heterocycles. The van der Waals surface area contributed by atoms with Gasteiger partial charge in [0.05, 0.1) is 13.2 Å². The molecule has 1 rings (SSSR count). The summed E-state index contributed by atoms with van der Waals surface area (Å²) in [6.45, 7) is 8.65. The lowest BCUT2D eigenvalue weighted by Gasteiger charge is -2.32. The van der Waals surface area contributed by atoms with Crippen LogP contribution in [0.25, 0.3) is 0 Å². The second-order valence-corrected chi connectivity index (χ2v) is 8.09. The predicted octanol–water partition coefficient (Wildman–Crippen LogP) is 4.20. The average Bonchev–Trinajstić information content (AvgIpc) is 2.74. The minimum absolute atomic E-state index is 0.132. The number of carboxylic acids is 1. The molecular weight excluding hydrogens is 462 g/mol. The van der Waals surface area contributed by atoms with Gasteiger partial charge in [-0.25, -0.2) is 14.4 Å². The Morgan fingerprint density at radius 3 is 1.94 bits per heavy atom. The first kappa shape index (κ1) is 29.7. The van der Waals surface area contributed by atoms with Crippen LogP contribution in [0.5, 0.6) is 11.5 Å². The average molecular weight is 498 g/mol. The molecule has 0 bridgehead atoms. The highest BCUT2D eigenvalue weighted by molar-refractivity contribution is 5.81. The van der Waals surface area contributed by atoms with Gasteiger partial charge in [-0.05, 0) is 44.4 Å². The molecule has 11 nitrogen and oxygen atoms in total. The first-order chi connectivity index (χ1) is 16.5. The lowest BCUT2D eigenvalue weighted by Crippen LogP contribution is -2.59. The summed E-state index contributed by atoms with van der Waals surface area (Å²) in [5.74, 6) is -2.54. The van der Waals surface area contributed by atoms with Gasteiger partial charge in [0.2, 0.25) is 0 Å². The molecule has 0 fully saturated rings. The van der Waals surface area contributed by atoms with Crippen molar-refractivity contribution >= 4 is 24.2 Å². The van der Waals surface area contributed by atoms with Crippen LogP contribution in [-0.2, 0) is 30.2 Å². The van der Waals surface area contributed by atoms with E-state index in [2.05, 4.69) is 5.32 Å². The van der Waals surface area contributed by atoms with E-state index in [0.29, 0.717) is 18.4 Å². The molecule has 35 heavy (non-hydrogen) atoms. The Balaban J connectivity index is 3.27. The van der Waals surface area contributed by atoms with E-state index in [1.165, 1.54) is 18.2 Å². The number of hydrogen-bond donors (Lipinski definition) is 2. The zero-order valence-electron chi connectivity index (χ0n) is 20.9. The fraction of sp³-hybridized carbons (Fsp3) is 0.583. The van der Waals surface area contributed by atoms with Crippen molar-refractivity contribution in [3.8, 4) is 11.5 Å². The largest absolute Gasteiger partial charge is 0.513 e. The Morgan fingerprint density at radius 2 is 1.49 bits per heavy atom. The second-order valence-electron chi connectivity index (χ2n) is 8.09. The second kappa shape index (κ2) is 14.8. The molecule has 0 spiro atoms. The van der Waals surface area contributed by atoms with E-state index in [1.54, 1.807) is 13.8 Å². The van der Waals surface area contributed by atoms with Crippen LogP contribution in [-0.4, -0.2) is 54.3 Å². The van der Waals surface area contributed by atoms with E-state index in [1.807, 2.05) is 13.8 Å². The van der Waals surface area contributed by atoms with Crippen molar-refractivity contribution in [3.05, 3.63) is 23.8 Å². The van der Waals surface area contributed by atoms with E-state index in [4.69, 9.17) is 23.7 Å². The molecule has 2 N–H and O–H groups in total. The molecule has 1 atom stereocenters. The van der Waals surface area contributed by atoms with Crippen molar-refractivity contribution in [2.24, 2.45) is 0 Å². The number of rotatable bonds is 14. The van der Waals surface area contributed by atoms with Crippen molar-refractivity contribution in [1.29, 1.82) is 0 Å². The van der Waals surface area contributed by atoms with E-state index in [0.717, 1.165) is 19.8 Å². The maximum Gasteiger partial charge on any atom is 0.513 e. The fourth-order valence-electron chi connectivity index (χ4n) is 2.96. The van der Waals surface area contributed by atoms with Crippen LogP contribution in [0.2, 0.25) is 0 Å². The van der Waals surface area contributed by atoms with Crippen molar-refractivity contribution in [3.63, 3.8) is 0 Å². The third kappa shape index (κ3) is 10.6. The summed E-state index contributed by atoms with van der Waals surface area (Å²) in [5, 5.41) is 12.6. The molecule has 0 amide bonds. The summed E-state index contributed by atoms with van der Waals surface area (Å²) in [5.41, 5.74) is -1.77. The van der Waals surface area contributed by atoms with E-state index >= 15 is 0 Å². The summed E-state index contributed by atoms with van der Waals surface area (Å²) in [6, 6.07) is 3.72. The van der Waals surface area contributed by atoms with Crippen molar-refractivity contribution < 1.29 is 48.0 Å². The van der Waals surface area contributed by atoms with Gasteiger partial charge in [0.1, 0.15) is 0 Å². The number of unbranched alkanes of at least 4 members (excludes halogenated alkanes) is 2. The van der Waals surface area contributed by atoms with Gasteiger partial charge < -0.3 is 28.8 Å². The molecule has 0 aliphatic rings. The standard InChI is InChI=1S/C24H35NO10/c1-6-8-12-31-22(29)33-19-11-10-18(14-20(19)34-23(30)32-13-9-7-2)15-24(21(27)28,25-16(3)4)35-17(5)26/h10-11,14,16,25H,6-9,12-13,15H2,1-5H3,(H,27,28)/t24-/m0/s1. The number of benzene rings is 1. The molecule has 0 heterocycles. The van der Waals surface area contributed by atoms with Gasteiger partial charge >= 0.3 is 24.2 Å². The number of nitrogens with one attached hydrogen (secondary N) is 1. The Labute approximate surface area is 205 Å². The molecule has 196 valence electrons. The molecule has 0 unspecified atom stereocenters. The monoisotopic (exact) mass is 497 g/mol. The van der Waals surface area contributed by atoms with Crippen LogP contribution in [0.4, 0.5) is 9.59 Å². The first-order valence-corrected chi connectivity index (χ1v) is 11.6. The van der Waals surface area contributed by atoms with Gasteiger partial charge in [-0.1, -0.05) is 32.8 Å². The molecule has 0 saturated heterocycles. The fourth-order valence-corrected chi connectivity index (χ4v) is 2.96. The van der Waals surface area contributed by atoms with Gasteiger partial charge in [-0.15, -0.1) is 0 Å².